The molecule has 0 spiro atoms. The Morgan fingerprint density at radius 1 is 0.800 bits per heavy atom. The van der Waals surface area contributed by atoms with Crippen LogP contribution >= 0.6 is 0 Å². The minimum Gasteiger partial charge on any atom is -1.00 e. The van der Waals surface area contributed by atoms with E-state index in [0.717, 1.165) is 0 Å². The summed E-state index contributed by atoms with van der Waals surface area (Å²) in [5.41, 5.74) is 4.25. The van der Waals surface area contributed by atoms with Gasteiger partial charge in [-0.05, 0) is 12.8 Å². The summed E-state index contributed by atoms with van der Waals surface area (Å²) in [6, 6.07) is 0.536. The fourth-order valence-electron chi connectivity index (χ4n) is 1.13. The first-order valence-corrected chi connectivity index (χ1v) is 7.47. The SMILES string of the molecule is CC(C)(C)C(=O)[O-].CC(C)(C)C(=O)[O-].N.NC1CCCCC1.[Cl-].[Cl-].[Pt+4]. The molecule has 0 saturated heterocycles. The molecule has 0 aromatic carbocycles. The van der Waals surface area contributed by atoms with Crippen molar-refractivity contribution in [2.45, 2.75) is 79.7 Å². The Kier molecular flexibility index (Phi) is 30.2. The number of carbonyl (C=O) groups excluding carboxylic acids is 2. The zero-order valence-corrected chi connectivity index (χ0v) is 19.9. The second-order valence-electron chi connectivity index (χ2n) is 7.47. The zero-order valence-electron chi connectivity index (χ0n) is 16.1. The molecular weight excluding hydrogens is 550 g/mol. The van der Waals surface area contributed by atoms with Crippen molar-refractivity contribution in [3.8, 4) is 0 Å². The van der Waals surface area contributed by atoms with Crippen LogP contribution in [0.4, 0.5) is 0 Å². The maximum Gasteiger partial charge on any atom is 4.00 e. The van der Waals surface area contributed by atoms with E-state index in [0.29, 0.717) is 6.04 Å². The van der Waals surface area contributed by atoms with Crippen LogP contribution in [-0.2, 0) is 30.7 Å². The molecule has 5 N–H and O–H groups in total. The summed E-state index contributed by atoms with van der Waals surface area (Å²) < 4.78 is 0. The molecule has 1 fully saturated rings. The van der Waals surface area contributed by atoms with Crippen molar-refractivity contribution < 1.29 is 65.7 Å². The summed E-state index contributed by atoms with van der Waals surface area (Å²) in [4.78, 5) is 19.8. The third-order valence-corrected chi connectivity index (χ3v) is 2.87. The molecule has 0 amide bonds. The fraction of sp³-hybridized carbons (Fsp3) is 0.875. The first-order valence-electron chi connectivity index (χ1n) is 7.47. The van der Waals surface area contributed by atoms with Crippen LogP contribution in [0.2, 0.25) is 0 Å². The van der Waals surface area contributed by atoms with Crippen LogP contribution in [0.25, 0.3) is 0 Å². The number of aliphatic carboxylic acids is 2. The molecule has 0 radical (unpaired) electrons. The van der Waals surface area contributed by atoms with Crippen molar-refractivity contribution in [3.63, 3.8) is 0 Å². The van der Waals surface area contributed by atoms with E-state index in [1.807, 2.05) is 0 Å². The van der Waals surface area contributed by atoms with Gasteiger partial charge in [-0.1, -0.05) is 60.8 Å². The molecule has 0 aromatic rings. The molecule has 1 rings (SSSR count). The Morgan fingerprint density at radius 2 is 1.00 bits per heavy atom. The van der Waals surface area contributed by atoms with Gasteiger partial charge in [0.2, 0.25) is 0 Å². The van der Waals surface area contributed by atoms with Gasteiger partial charge in [-0.15, -0.1) is 0 Å². The summed E-state index contributed by atoms with van der Waals surface area (Å²) in [5.74, 6) is -2.01. The van der Waals surface area contributed by atoms with Crippen molar-refractivity contribution >= 4 is 11.9 Å². The normalized spacial score (nSPS) is 13.4. The first-order chi connectivity index (χ1) is 9.28. The summed E-state index contributed by atoms with van der Waals surface area (Å²) in [5, 5.41) is 19.8. The van der Waals surface area contributed by atoms with Crippen LogP contribution in [0, 0.1) is 10.8 Å². The first kappa shape index (κ1) is 40.0. The van der Waals surface area contributed by atoms with Gasteiger partial charge in [0.05, 0.1) is 0 Å². The Labute approximate surface area is 179 Å². The Balaban J connectivity index is -0.0000000501. The number of hydrogen-bond acceptors (Lipinski definition) is 6. The maximum absolute atomic E-state index is 9.91. The molecule has 0 unspecified atom stereocenters. The van der Waals surface area contributed by atoms with E-state index >= 15 is 0 Å². The molecule has 25 heavy (non-hydrogen) atoms. The standard InChI is InChI=1S/C6H13N.2C5H10O2.2ClH.H3N.Pt/c7-6-4-2-1-3-5-6;2*1-5(2,3)4(6)7;;;;/h6H,1-5,7H2;2*1-3H3,(H,6,7);2*1H;1H3;/q;;;;;;+4/p-4. The molecule has 6 nitrogen and oxygen atoms in total. The molecule has 0 aliphatic heterocycles. The number of halogens is 2. The summed E-state index contributed by atoms with van der Waals surface area (Å²) in [6.07, 6.45) is 6.66. The van der Waals surface area contributed by atoms with Crippen LogP contribution in [0.1, 0.15) is 73.6 Å². The van der Waals surface area contributed by atoms with Gasteiger partial charge in [0.1, 0.15) is 0 Å². The van der Waals surface area contributed by atoms with E-state index in [1.165, 1.54) is 32.1 Å². The van der Waals surface area contributed by atoms with Crippen LogP contribution in [0.5, 0.6) is 0 Å². The van der Waals surface area contributed by atoms with Gasteiger partial charge in [-0.2, -0.15) is 0 Å². The van der Waals surface area contributed by atoms with E-state index in [4.69, 9.17) is 5.73 Å². The van der Waals surface area contributed by atoms with Gasteiger partial charge in [-0.25, -0.2) is 0 Å². The van der Waals surface area contributed by atoms with Crippen LogP contribution < -0.4 is 46.9 Å². The zero-order chi connectivity index (χ0) is 17.3. The van der Waals surface area contributed by atoms with Gasteiger partial charge in [0.25, 0.3) is 0 Å². The molecule has 1 aliphatic rings. The van der Waals surface area contributed by atoms with E-state index < -0.39 is 22.8 Å². The summed E-state index contributed by atoms with van der Waals surface area (Å²) >= 11 is 0. The fourth-order valence-corrected chi connectivity index (χ4v) is 1.13. The van der Waals surface area contributed by atoms with E-state index in [1.54, 1.807) is 41.5 Å². The predicted molar refractivity (Wildman–Crippen MR) is 85.0 cm³/mol. The molecule has 0 atom stereocenters. The molecule has 9 heteroatoms. The van der Waals surface area contributed by atoms with Gasteiger partial charge in [0.15, 0.2) is 0 Å². The second-order valence-corrected chi connectivity index (χ2v) is 7.47. The largest absolute Gasteiger partial charge is 4.00 e. The van der Waals surface area contributed by atoms with Crippen molar-refractivity contribution in [2.24, 2.45) is 16.6 Å². The number of carbonyl (C=O) groups is 2. The minimum atomic E-state index is -1.01. The van der Waals surface area contributed by atoms with Crippen molar-refractivity contribution in [1.82, 2.24) is 6.15 Å². The van der Waals surface area contributed by atoms with Gasteiger partial charge in [0, 0.05) is 28.8 Å². The Morgan fingerprint density at radius 3 is 1.08 bits per heavy atom. The Hall–Kier alpha value is 0.128. The van der Waals surface area contributed by atoms with Gasteiger partial charge >= 0.3 is 21.1 Å². The van der Waals surface area contributed by atoms with Crippen LogP contribution in [-0.4, -0.2) is 18.0 Å². The molecule has 1 saturated carbocycles. The average Bonchev–Trinajstić information content (AvgIpc) is 2.28. The molecular formula is C16H34Cl2N2O4Pt. The molecule has 0 bridgehead atoms. The van der Waals surface area contributed by atoms with Gasteiger partial charge in [-0.3, -0.25) is 0 Å². The van der Waals surface area contributed by atoms with E-state index in [9.17, 15) is 19.8 Å². The monoisotopic (exact) mass is 583 g/mol. The number of carboxylic acid groups (broad SMARTS) is 2. The number of carboxylic acids is 2. The van der Waals surface area contributed by atoms with Crippen molar-refractivity contribution in [3.05, 3.63) is 0 Å². The second kappa shape index (κ2) is 18.9. The van der Waals surface area contributed by atoms with Crippen LogP contribution in [0.3, 0.4) is 0 Å². The van der Waals surface area contributed by atoms with Gasteiger partial charge < -0.3 is 56.5 Å². The van der Waals surface area contributed by atoms with Crippen LogP contribution in [0.15, 0.2) is 0 Å². The maximum atomic E-state index is 9.91. The van der Waals surface area contributed by atoms with Crippen molar-refractivity contribution in [2.75, 3.05) is 0 Å². The molecule has 0 aromatic heterocycles. The van der Waals surface area contributed by atoms with E-state index in [-0.39, 0.29) is 52.0 Å². The molecule has 156 valence electrons. The molecule has 1 aliphatic carbocycles. The van der Waals surface area contributed by atoms with Crippen molar-refractivity contribution in [1.29, 1.82) is 0 Å². The topological polar surface area (TPSA) is 141 Å². The third-order valence-electron chi connectivity index (χ3n) is 2.87. The number of rotatable bonds is 0. The Bertz CT molecular complexity index is 303. The number of hydrogen-bond donors (Lipinski definition) is 2. The summed E-state index contributed by atoms with van der Waals surface area (Å²) in [6.45, 7) is 9.60. The minimum absolute atomic E-state index is 0. The number of nitrogens with two attached hydrogens (primary N) is 1. The van der Waals surface area contributed by atoms with E-state index in [2.05, 4.69) is 0 Å². The molecule has 0 heterocycles. The predicted octanol–water partition coefficient (Wildman–Crippen LogP) is -4.99. The smallest absolute Gasteiger partial charge is 1.00 e. The third kappa shape index (κ3) is 29.2. The quantitative estimate of drug-likeness (QED) is 0.292. The summed E-state index contributed by atoms with van der Waals surface area (Å²) in [7, 11) is 0. The average molecular weight is 584 g/mol.